The third-order valence-electron chi connectivity index (χ3n) is 17.4. The molecule has 3 atom stereocenters. The first-order valence-corrected chi connectivity index (χ1v) is 31.6. The molecular weight excluding hydrogens is 1330 g/mol. The second-order valence-electron chi connectivity index (χ2n) is 23.7. The van der Waals surface area contributed by atoms with Gasteiger partial charge in [-0.15, -0.1) is 0 Å². The summed E-state index contributed by atoms with van der Waals surface area (Å²) in [5.74, 6) is -3.19. The number of hydrogen-bond donors (Lipinski definition) is 5. The molecule has 6 aromatic rings. The van der Waals surface area contributed by atoms with Crippen LogP contribution < -0.4 is 49.7 Å². The quantitative estimate of drug-likeness (QED) is 0.0711. The molecule has 0 aromatic heterocycles. The number of nitrogens with zero attached hydrogens (tertiary/aromatic N) is 5. The smallest absolute Gasteiger partial charge is 0.354 e. The number of likely N-dealkylation sites (tertiary alicyclic amines) is 2. The number of carboxylic acid groups (broad SMARTS) is 1. The summed E-state index contributed by atoms with van der Waals surface area (Å²) in [6.45, 7) is 3.06. The van der Waals surface area contributed by atoms with E-state index in [2.05, 4.69) is 39.5 Å². The van der Waals surface area contributed by atoms with Crippen LogP contribution in [0.1, 0.15) is 55.2 Å². The molecule has 6 heterocycles. The number of benzene rings is 6. The number of hydrogen-bond acceptors (Lipinski definition) is 16. The van der Waals surface area contributed by atoms with Crippen LogP contribution in [0.5, 0.6) is 34.5 Å². The summed E-state index contributed by atoms with van der Waals surface area (Å²) >= 11 is 18.0. The molecule has 12 rings (SSSR count). The molecule has 6 aromatic carbocycles. The minimum Gasteiger partial charge on any atom is -0.495 e. The number of carbonyl (C=O) groups excluding carboxylic acids is 5. The van der Waals surface area contributed by atoms with E-state index in [1.54, 1.807) is 46.2 Å². The summed E-state index contributed by atoms with van der Waals surface area (Å²) in [7, 11) is 4.33. The van der Waals surface area contributed by atoms with Gasteiger partial charge in [-0.1, -0.05) is 71.2 Å². The second-order valence-corrected chi connectivity index (χ2v) is 25.0. The van der Waals surface area contributed by atoms with Crippen LogP contribution in [0.15, 0.2) is 109 Å². The number of anilines is 3. The molecule has 0 aliphatic carbocycles. The molecule has 3 unspecified atom stereocenters. The maximum Gasteiger partial charge on any atom is 0.354 e. The Morgan fingerprint density at radius 2 is 0.773 bits per heavy atom. The summed E-state index contributed by atoms with van der Waals surface area (Å²) < 4.78 is 70.9. The molecule has 22 nitrogen and oxygen atoms in total. The molecule has 5 amide bonds. The topological polar surface area (TPSA) is 304 Å². The van der Waals surface area contributed by atoms with Crippen LogP contribution in [-0.4, -0.2) is 129 Å². The fraction of sp³-hybridized carbons (Fsp3) is 0.348. The summed E-state index contributed by atoms with van der Waals surface area (Å²) in [5, 5.41) is 49.6. The predicted octanol–water partition coefficient (Wildman–Crippen LogP) is 10.5. The minimum absolute atomic E-state index is 0.207. The number of amides is 5. The van der Waals surface area contributed by atoms with E-state index in [9.17, 15) is 57.7 Å². The van der Waals surface area contributed by atoms with Crippen LogP contribution in [-0.2, 0) is 48.0 Å². The first-order valence-electron chi connectivity index (χ1n) is 30.5. The van der Waals surface area contributed by atoms with Crippen LogP contribution in [0.3, 0.4) is 0 Å². The molecule has 506 valence electrons. The number of carboxylic acids is 1. The Hall–Kier alpha value is -9.97. The maximum absolute atomic E-state index is 13.2. The van der Waals surface area contributed by atoms with Crippen molar-refractivity contribution in [3.8, 4) is 52.7 Å². The standard InChI is InChI=1S/2C23H21ClFN3O4.C13H15FN2.C10H8ClNO5/c2*1-31-18-11-19-17(10-16(18)24)27-21(29)20(32-19)22(30)28-8-6-23(13-26,7-9-28)12-14-2-4-15(25)5-3-14;14-12-3-1-11(2-4-12)9-13(10-15)5-7-16-8-6-13;1-16-6-3-7-5(2-4(6)11)12-9(13)8(17-7)10(14)15/h2*2-5,10-11,20H,6-9,12H2,1H3,(H,27,29);1-4,16H,5-9H2;2-3,8H,1H3,(H,12,13)(H,14,15). The van der Waals surface area contributed by atoms with Crippen molar-refractivity contribution in [2.75, 3.05) is 76.5 Å². The highest BCUT2D eigenvalue weighted by molar-refractivity contribution is 6.33. The van der Waals surface area contributed by atoms with Gasteiger partial charge in [0, 0.05) is 44.4 Å². The molecule has 5 N–H and O–H groups in total. The number of methoxy groups -OCH3 is 3. The molecule has 6 aliphatic rings. The Bertz CT molecular complexity index is 3900. The molecule has 97 heavy (non-hydrogen) atoms. The first-order chi connectivity index (χ1) is 46.4. The van der Waals surface area contributed by atoms with Gasteiger partial charge < -0.3 is 64.6 Å². The molecule has 3 fully saturated rings. The van der Waals surface area contributed by atoms with Crippen molar-refractivity contribution < 1.29 is 75.5 Å². The van der Waals surface area contributed by atoms with Gasteiger partial charge in [-0.05, 0) is 142 Å². The minimum atomic E-state index is -1.56. The van der Waals surface area contributed by atoms with Crippen LogP contribution in [0.25, 0.3) is 0 Å². The average Bonchev–Trinajstić information content (AvgIpc) is 0.800. The van der Waals surface area contributed by atoms with Gasteiger partial charge in [0.05, 0.1) is 87.9 Å². The number of nitrogens with one attached hydrogen (secondary N) is 4. The number of halogens is 6. The van der Waals surface area contributed by atoms with E-state index in [0.29, 0.717) is 126 Å². The Labute approximate surface area is 570 Å². The van der Waals surface area contributed by atoms with Gasteiger partial charge in [-0.3, -0.25) is 24.0 Å². The third-order valence-corrected chi connectivity index (χ3v) is 18.2. The van der Waals surface area contributed by atoms with Crippen LogP contribution >= 0.6 is 34.8 Å². The highest BCUT2D eigenvalue weighted by Crippen LogP contribution is 2.43. The molecule has 0 radical (unpaired) electrons. The van der Waals surface area contributed by atoms with Gasteiger partial charge in [0.2, 0.25) is 0 Å². The zero-order chi connectivity index (χ0) is 69.8. The number of nitriles is 3. The Kier molecular flexibility index (Phi) is 23.0. The van der Waals surface area contributed by atoms with E-state index in [4.69, 9.17) is 68.3 Å². The number of ether oxygens (including phenoxy) is 6. The molecule has 0 saturated carbocycles. The van der Waals surface area contributed by atoms with E-state index in [0.717, 1.165) is 49.0 Å². The van der Waals surface area contributed by atoms with Crippen LogP contribution in [0.2, 0.25) is 15.1 Å². The van der Waals surface area contributed by atoms with Gasteiger partial charge >= 0.3 is 5.97 Å². The Morgan fingerprint density at radius 1 is 0.495 bits per heavy atom. The van der Waals surface area contributed by atoms with Crippen molar-refractivity contribution >= 4 is 87.4 Å². The number of fused-ring (bicyclic) bond motifs is 3. The fourth-order valence-corrected chi connectivity index (χ4v) is 12.5. The van der Waals surface area contributed by atoms with E-state index in [1.165, 1.54) is 94.1 Å². The zero-order valence-electron chi connectivity index (χ0n) is 52.6. The summed E-state index contributed by atoms with van der Waals surface area (Å²) in [6.07, 6.45) is 0.978. The van der Waals surface area contributed by atoms with Crippen LogP contribution in [0, 0.1) is 67.7 Å². The second kappa shape index (κ2) is 31.3. The molecule has 0 spiro atoms. The monoisotopic (exact) mass is 1390 g/mol. The van der Waals surface area contributed by atoms with Crippen molar-refractivity contribution in [3.05, 3.63) is 158 Å². The SMILES string of the molecule is COc1cc2c(cc1Cl)NC(=O)C(C(=O)N1CCC(C#N)(Cc3ccc(F)cc3)CC1)O2.COc1cc2c(cc1Cl)NC(=O)C(C(=O)N1CCC(C#N)(Cc3ccc(F)cc3)CC1)O2.COc1cc2c(cc1Cl)NC(=O)C(C(=O)O)O2.N#CC1(Cc2ccc(F)cc2)CCNCC1. The maximum atomic E-state index is 13.2. The molecule has 6 aliphatic heterocycles. The van der Waals surface area contributed by atoms with E-state index in [1.807, 2.05) is 0 Å². The lowest BCUT2D eigenvalue weighted by Crippen LogP contribution is -2.53. The van der Waals surface area contributed by atoms with Gasteiger partial charge in [0.25, 0.3) is 47.8 Å². The largest absolute Gasteiger partial charge is 0.495 e. The van der Waals surface area contributed by atoms with E-state index < -0.39 is 64.6 Å². The lowest BCUT2D eigenvalue weighted by molar-refractivity contribution is -0.150. The van der Waals surface area contributed by atoms with Crippen molar-refractivity contribution in [1.82, 2.24) is 15.1 Å². The van der Waals surface area contributed by atoms with Gasteiger partial charge in [-0.2, -0.15) is 15.8 Å². The Morgan fingerprint density at radius 3 is 1.05 bits per heavy atom. The fourth-order valence-electron chi connectivity index (χ4n) is 11.8. The summed E-state index contributed by atoms with van der Waals surface area (Å²) in [6, 6.07) is 34.8. The van der Waals surface area contributed by atoms with Gasteiger partial charge in [0.1, 0.15) is 51.9 Å². The first kappa shape index (κ1) is 71.3. The highest BCUT2D eigenvalue weighted by atomic mass is 35.5. The van der Waals surface area contributed by atoms with Crippen molar-refractivity contribution in [3.63, 3.8) is 0 Å². The van der Waals surface area contributed by atoms with Crippen molar-refractivity contribution in [2.24, 2.45) is 16.2 Å². The molecular formula is C69H65Cl3F3N9O13. The van der Waals surface area contributed by atoms with E-state index in [-0.39, 0.29) is 28.6 Å². The zero-order valence-corrected chi connectivity index (χ0v) is 54.8. The van der Waals surface area contributed by atoms with Gasteiger partial charge in [0.15, 0.2) is 0 Å². The third kappa shape index (κ3) is 17.2. The summed E-state index contributed by atoms with van der Waals surface area (Å²) in [5.41, 5.74) is 2.27. The number of rotatable bonds is 12. The molecule has 3 saturated heterocycles. The molecule has 0 bridgehead atoms. The number of aliphatic carboxylic acids is 1. The van der Waals surface area contributed by atoms with E-state index >= 15 is 0 Å². The molecule has 28 heteroatoms. The Balaban J connectivity index is 0.000000159. The average molecular weight is 1390 g/mol. The summed E-state index contributed by atoms with van der Waals surface area (Å²) in [4.78, 5) is 76.3. The van der Waals surface area contributed by atoms with Crippen molar-refractivity contribution in [1.29, 1.82) is 15.8 Å². The normalized spacial score (nSPS) is 18.9. The predicted molar refractivity (Wildman–Crippen MR) is 349 cm³/mol. The lowest BCUT2D eigenvalue weighted by atomic mass is 9.75. The highest BCUT2D eigenvalue weighted by Gasteiger charge is 2.45. The van der Waals surface area contributed by atoms with Crippen LogP contribution in [0.4, 0.5) is 30.2 Å². The lowest BCUT2D eigenvalue weighted by Gasteiger charge is -2.39. The van der Waals surface area contributed by atoms with Crippen molar-refractivity contribution in [2.45, 2.75) is 76.1 Å². The van der Waals surface area contributed by atoms with Gasteiger partial charge in [-0.25, -0.2) is 18.0 Å². The number of piperidine rings is 3. The number of carbonyl (C=O) groups is 6.